The summed E-state index contributed by atoms with van der Waals surface area (Å²) < 4.78 is 5.47. The molecule has 3 heterocycles. The number of thiophene rings is 1. The third kappa shape index (κ3) is 4.57. The molecule has 2 aliphatic rings. The summed E-state index contributed by atoms with van der Waals surface area (Å²) in [6.45, 7) is 4.70. The lowest BCUT2D eigenvalue weighted by molar-refractivity contribution is -0.139. The van der Waals surface area contributed by atoms with E-state index in [1.54, 1.807) is 11.3 Å². The first kappa shape index (κ1) is 17.9. The summed E-state index contributed by atoms with van der Waals surface area (Å²) in [7, 11) is 0. The molecule has 0 radical (unpaired) electrons. The highest BCUT2D eigenvalue weighted by molar-refractivity contribution is 7.09. The van der Waals surface area contributed by atoms with E-state index in [-0.39, 0.29) is 18.4 Å². The summed E-state index contributed by atoms with van der Waals surface area (Å²) in [5.74, 6) is 0.266. The van der Waals surface area contributed by atoms with Gasteiger partial charge in [-0.05, 0) is 43.7 Å². The van der Waals surface area contributed by atoms with Crippen molar-refractivity contribution in [2.45, 2.75) is 38.3 Å². The van der Waals surface area contributed by atoms with E-state index in [9.17, 15) is 9.90 Å². The molecule has 1 amide bonds. The molecule has 2 saturated heterocycles. The van der Waals surface area contributed by atoms with Crippen LogP contribution in [0.5, 0.6) is 0 Å². The molecule has 3 rings (SSSR count). The van der Waals surface area contributed by atoms with E-state index >= 15 is 0 Å². The summed E-state index contributed by atoms with van der Waals surface area (Å²) in [4.78, 5) is 18.5. The fourth-order valence-corrected chi connectivity index (χ4v) is 4.55. The van der Waals surface area contributed by atoms with E-state index in [2.05, 4.69) is 11.0 Å². The Morgan fingerprint density at radius 2 is 2.21 bits per heavy atom. The van der Waals surface area contributed by atoms with Gasteiger partial charge in [0.05, 0.1) is 19.1 Å². The molecule has 24 heavy (non-hydrogen) atoms. The fourth-order valence-electron chi connectivity index (χ4n) is 3.83. The third-order valence-electron chi connectivity index (χ3n) is 5.12. The van der Waals surface area contributed by atoms with Crippen LogP contribution in [0.3, 0.4) is 0 Å². The van der Waals surface area contributed by atoms with Crippen LogP contribution < -0.4 is 0 Å². The van der Waals surface area contributed by atoms with E-state index in [0.717, 1.165) is 52.0 Å². The molecule has 0 bridgehead atoms. The maximum absolute atomic E-state index is 13.0. The number of likely N-dealkylation sites (tertiary alicyclic amines) is 1. The van der Waals surface area contributed by atoms with Gasteiger partial charge in [-0.1, -0.05) is 6.07 Å². The third-order valence-corrected chi connectivity index (χ3v) is 5.98. The van der Waals surface area contributed by atoms with Gasteiger partial charge in [-0.3, -0.25) is 9.69 Å². The number of carbonyl (C=O) groups excluding carboxylic acids is 1. The molecule has 2 fully saturated rings. The van der Waals surface area contributed by atoms with Gasteiger partial charge in [-0.2, -0.15) is 0 Å². The van der Waals surface area contributed by atoms with Crippen LogP contribution in [0, 0.1) is 5.92 Å². The van der Waals surface area contributed by atoms with E-state index in [4.69, 9.17) is 4.74 Å². The van der Waals surface area contributed by atoms with E-state index in [1.165, 1.54) is 4.88 Å². The van der Waals surface area contributed by atoms with Crippen molar-refractivity contribution in [1.29, 1.82) is 0 Å². The largest absolute Gasteiger partial charge is 0.395 e. The van der Waals surface area contributed by atoms with E-state index in [0.29, 0.717) is 19.1 Å². The van der Waals surface area contributed by atoms with Crippen molar-refractivity contribution in [3.63, 3.8) is 0 Å². The molecule has 1 N–H and O–H groups in total. The Kier molecular flexibility index (Phi) is 6.66. The maximum Gasteiger partial charge on any atom is 0.227 e. The molecule has 0 aromatic carbocycles. The number of amides is 1. The van der Waals surface area contributed by atoms with Gasteiger partial charge in [0.2, 0.25) is 5.91 Å². The van der Waals surface area contributed by atoms with Crippen LogP contribution in [0.4, 0.5) is 0 Å². The molecule has 0 aliphatic carbocycles. The fraction of sp³-hybridized carbons (Fsp3) is 0.722. The number of ether oxygens (including phenoxy) is 1. The van der Waals surface area contributed by atoms with Gasteiger partial charge < -0.3 is 14.7 Å². The summed E-state index contributed by atoms with van der Waals surface area (Å²) in [5, 5.41) is 11.4. The predicted octanol–water partition coefficient (Wildman–Crippen LogP) is 1.96. The standard InChI is InChI=1S/C18H28N2O3S/c21-9-8-20(14-17-4-2-12-24-17)18(22)15-3-1-7-19(13-15)16-5-10-23-11-6-16/h2,4,12,15-16,21H,1,3,5-11,13-14H2/t15-/m0/s1. The molecule has 0 unspecified atom stereocenters. The Hall–Kier alpha value is -0.950. The van der Waals surface area contributed by atoms with Crippen molar-refractivity contribution in [1.82, 2.24) is 9.80 Å². The van der Waals surface area contributed by atoms with Crippen LogP contribution in [-0.4, -0.2) is 66.3 Å². The average molecular weight is 352 g/mol. The number of nitrogens with zero attached hydrogens (tertiary/aromatic N) is 2. The van der Waals surface area contributed by atoms with E-state index in [1.807, 2.05) is 16.3 Å². The van der Waals surface area contributed by atoms with Crippen molar-refractivity contribution >= 4 is 17.2 Å². The molecule has 0 spiro atoms. The first-order valence-corrected chi connectivity index (χ1v) is 9.89. The Bertz CT molecular complexity index is 502. The van der Waals surface area contributed by atoms with Crippen molar-refractivity contribution in [2.24, 2.45) is 5.92 Å². The summed E-state index contributed by atoms with van der Waals surface area (Å²) in [6.07, 6.45) is 4.21. The van der Waals surface area contributed by atoms with Crippen LogP contribution >= 0.6 is 11.3 Å². The SMILES string of the molecule is O=C([C@H]1CCCN(C2CCOCC2)C1)N(CCO)Cc1cccs1. The predicted molar refractivity (Wildman–Crippen MR) is 95.0 cm³/mol. The molecule has 0 saturated carbocycles. The summed E-state index contributed by atoms with van der Waals surface area (Å²) in [5.41, 5.74) is 0. The van der Waals surface area contributed by atoms with E-state index < -0.39 is 0 Å². The number of aliphatic hydroxyl groups excluding tert-OH is 1. The van der Waals surface area contributed by atoms with Crippen LogP contribution in [0.2, 0.25) is 0 Å². The lowest BCUT2D eigenvalue weighted by Gasteiger charge is -2.40. The number of hydrogen-bond acceptors (Lipinski definition) is 5. The van der Waals surface area contributed by atoms with Gasteiger partial charge in [0.15, 0.2) is 0 Å². The smallest absolute Gasteiger partial charge is 0.227 e. The quantitative estimate of drug-likeness (QED) is 0.850. The zero-order chi connectivity index (χ0) is 16.8. The molecule has 1 aromatic rings. The molecule has 5 nitrogen and oxygen atoms in total. The normalized spacial score (nSPS) is 23.3. The van der Waals surface area contributed by atoms with Crippen LogP contribution in [-0.2, 0) is 16.1 Å². The topological polar surface area (TPSA) is 53.0 Å². The molecular weight excluding hydrogens is 324 g/mol. The zero-order valence-corrected chi connectivity index (χ0v) is 15.0. The van der Waals surface area contributed by atoms with Crippen LogP contribution in [0.15, 0.2) is 17.5 Å². The highest BCUT2D eigenvalue weighted by atomic mass is 32.1. The zero-order valence-electron chi connectivity index (χ0n) is 14.2. The monoisotopic (exact) mass is 352 g/mol. The second-order valence-electron chi connectivity index (χ2n) is 6.74. The van der Waals surface area contributed by atoms with Gasteiger partial charge in [0.25, 0.3) is 0 Å². The second-order valence-corrected chi connectivity index (χ2v) is 7.77. The number of carbonyl (C=O) groups is 1. The van der Waals surface area contributed by atoms with Crippen molar-refractivity contribution in [2.75, 3.05) is 39.5 Å². The van der Waals surface area contributed by atoms with Crippen LogP contribution in [0.1, 0.15) is 30.6 Å². The lowest BCUT2D eigenvalue weighted by atomic mass is 9.93. The van der Waals surface area contributed by atoms with Gasteiger partial charge in [-0.15, -0.1) is 11.3 Å². The molecule has 2 aliphatic heterocycles. The molecule has 6 heteroatoms. The van der Waals surface area contributed by atoms with Gasteiger partial charge in [0.1, 0.15) is 0 Å². The van der Waals surface area contributed by atoms with Crippen molar-refractivity contribution < 1.29 is 14.6 Å². The Morgan fingerprint density at radius 3 is 2.92 bits per heavy atom. The van der Waals surface area contributed by atoms with Gasteiger partial charge in [0, 0.05) is 37.2 Å². The minimum absolute atomic E-state index is 0.0213. The highest BCUT2D eigenvalue weighted by Gasteiger charge is 2.32. The lowest BCUT2D eigenvalue weighted by Crippen LogP contribution is -2.49. The van der Waals surface area contributed by atoms with Gasteiger partial charge >= 0.3 is 0 Å². The number of hydrogen-bond donors (Lipinski definition) is 1. The van der Waals surface area contributed by atoms with Gasteiger partial charge in [-0.25, -0.2) is 0 Å². The average Bonchev–Trinajstić information content (AvgIpc) is 3.15. The van der Waals surface area contributed by atoms with Crippen LogP contribution in [0.25, 0.3) is 0 Å². The number of piperidine rings is 1. The van der Waals surface area contributed by atoms with Crippen molar-refractivity contribution in [3.05, 3.63) is 22.4 Å². The summed E-state index contributed by atoms with van der Waals surface area (Å²) in [6, 6.07) is 4.63. The number of aliphatic hydroxyl groups is 1. The first-order valence-electron chi connectivity index (χ1n) is 9.01. The van der Waals surface area contributed by atoms with Crippen molar-refractivity contribution in [3.8, 4) is 0 Å². The first-order chi connectivity index (χ1) is 11.8. The maximum atomic E-state index is 13.0. The minimum atomic E-state index is 0.0213. The number of rotatable bonds is 6. The molecule has 134 valence electrons. The highest BCUT2D eigenvalue weighted by Crippen LogP contribution is 2.25. The molecule has 1 atom stereocenters. The molecular formula is C18H28N2O3S. The minimum Gasteiger partial charge on any atom is -0.395 e. The Labute approximate surface area is 148 Å². The summed E-state index contributed by atoms with van der Waals surface area (Å²) >= 11 is 1.66. The Balaban J connectivity index is 1.60. The molecule has 1 aromatic heterocycles. The Morgan fingerprint density at radius 1 is 1.38 bits per heavy atom. The second kappa shape index (κ2) is 8.94.